The molecule has 74 valence electrons. The quantitative estimate of drug-likeness (QED) is 0.523. The van der Waals surface area contributed by atoms with Crippen LogP contribution < -0.4 is 11.5 Å². The van der Waals surface area contributed by atoms with Crippen LogP contribution in [0.2, 0.25) is 0 Å². The highest BCUT2D eigenvalue weighted by Crippen LogP contribution is 2.01. The van der Waals surface area contributed by atoms with Crippen molar-refractivity contribution in [2.45, 2.75) is 6.04 Å². The second-order valence-electron chi connectivity index (χ2n) is 2.57. The van der Waals surface area contributed by atoms with Gasteiger partial charge in [0.25, 0.3) is 0 Å². The van der Waals surface area contributed by atoms with Crippen LogP contribution in [0.1, 0.15) is 10.4 Å². The Balaban J connectivity index is 0.000000791. The van der Waals surface area contributed by atoms with Crippen molar-refractivity contribution in [3.8, 4) is 0 Å². The van der Waals surface area contributed by atoms with E-state index in [0.717, 1.165) is 0 Å². The van der Waals surface area contributed by atoms with E-state index < -0.39 is 6.04 Å². The molecule has 1 unspecified atom stereocenters. The molecule has 5 nitrogen and oxygen atoms in total. The van der Waals surface area contributed by atoms with Crippen LogP contribution in [-0.4, -0.2) is 18.4 Å². The maximum atomic E-state index is 11.4. The summed E-state index contributed by atoms with van der Waals surface area (Å²) in [6.07, 6.45) is 0. The van der Waals surface area contributed by atoms with Crippen LogP contribution >= 0.6 is 0 Å². The first kappa shape index (κ1) is 12.2. The number of hydrogen-bond donors (Lipinski definition) is 2. The molecule has 0 aliphatic carbocycles. The van der Waals surface area contributed by atoms with Gasteiger partial charge in [0.15, 0.2) is 5.78 Å². The molecule has 0 saturated heterocycles. The predicted octanol–water partition coefficient (Wildman–Crippen LogP) is 0.185. The summed E-state index contributed by atoms with van der Waals surface area (Å²) in [7, 11) is 0. The van der Waals surface area contributed by atoms with Gasteiger partial charge in [-0.05, 0) is 0 Å². The minimum absolute atomic E-state index is 0.0990. The molecule has 14 heavy (non-hydrogen) atoms. The highest BCUT2D eigenvalue weighted by molar-refractivity contribution is 6.00. The largest absolute Gasteiger partial charge is 0.328 e. The summed E-state index contributed by atoms with van der Waals surface area (Å²) in [6.45, 7) is 0.188. The number of hydrogen-bond acceptors (Lipinski definition) is 5. The lowest BCUT2D eigenvalue weighted by atomic mass is 10.1. The Kier molecular flexibility index (Phi) is 5.87. The molecule has 1 rings (SSSR count). The van der Waals surface area contributed by atoms with E-state index in [1.165, 1.54) is 0 Å². The lowest BCUT2D eigenvalue weighted by Gasteiger charge is -2.06. The zero-order valence-electron chi connectivity index (χ0n) is 7.63. The van der Waals surface area contributed by atoms with Crippen molar-refractivity contribution in [1.82, 2.24) is 0 Å². The van der Waals surface area contributed by atoms with Gasteiger partial charge in [-0.2, -0.15) is 0 Å². The molecule has 5 heteroatoms. The van der Waals surface area contributed by atoms with Gasteiger partial charge in [-0.15, -0.1) is 0 Å². The SMILES string of the molecule is N#N.NCC(N)C(=O)c1ccccc1. The van der Waals surface area contributed by atoms with E-state index in [1.54, 1.807) is 24.3 Å². The van der Waals surface area contributed by atoms with Crippen LogP contribution in [0.5, 0.6) is 0 Å². The molecule has 0 aliphatic rings. The van der Waals surface area contributed by atoms with E-state index >= 15 is 0 Å². The average Bonchev–Trinajstić information content (AvgIpc) is 2.31. The van der Waals surface area contributed by atoms with Crippen molar-refractivity contribution in [1.29, 1.82) is 10.8 Å². The zero-order chi connectivity index (χ0) is 11.0. The molecular formula is C9H12N4O. The van der Waals surface area contributed by atoms with E-state index in [1.807, 2.05) is 6.07 Å². The molecule has 0 aliphatic heterocycles. The van der Waals surface area contributed by atoms with Crippen LogP contribution in [0.15, 0.2) is 30.3 Å². The van der Waals surface area contributed by atoms with Crippen LogP contribution in [0.25, 0.3) is 0 Å². The average molecular weight is 192 g/mol. The van der Waals surface area contributed by atoms with E-state index in [-0.39, 0.29) is 12.3 Å². The van der Waals surface area contributed by atoms with Gasteiger partial charge in [0.05, 0.1) is 6.04 Å². The van der Waals surface area contributed by atoms with Gasteiger partial charge in [0, 0.05) is 22.9 Å². The van der Waals surface area contributed by atoms with Gasteiger partial charge in [-0.3, -0.25) is 4.79 Å². The lowest BCUT2D eigenvalue weighted by molar-refractivity contribution is 0.0964. The molecule has 0 heterocycles. The summed E-state index contributed by atoms with van der Waals surface area (Å²) in [5, 5.41) is 12.0. The Hall–Kier alpha value is -1.77. The number of Topliss-reactive ketones (excluding diaryl/α,β-unsaturated/α-hetero) is 1. The van der Waals surface area contributed by atoms with E-state index in [4.69, 9.17) is 22.3 Å². The van der Waals surface area contributed by atoms with Gasteiger partial charge in [0.1, 0.15) is 0 Å². The number of benzene rings is 1. The number of carbonyl (C=O) groups excluding carboxylic acids is 1. The van der Waals surface area contributed by atoms with Crippen LogP contribution in [-0.2, 0) is 0 Å². The van der Waals surface area contributed by atoms with Gasteiger partial charge in [-0.25, -0.2) is 0 Å². The summed E-state index contributed by atoms with van der Waals surface area (Å²) in [4.78, 5) is 11.4. The van der Waals surface area contributed by atoms with Gasteiger partial charge < -0.3 is 11.5 Å². The van der Waals surface area contributed by atoms with Crippen LogP contribution in [0.4, 0.5) is 0 Å². The van der Waals surface area contributed by atoms with Crippen LogP contribution in [0.3, 0.4) is 0 Å². The van der Waals surface area contributed by atoms with Crippen molar-refractivity contribution >= 4 is 5.78 Å². The van der Waals surface area contributed by atoms with Crippen molar-refractivity contribution in [2.75, 3.05) is 6.54 Å². The van der Waals surface area contributed by atoms with Crippen LogP contribution in [0, 0.1) is 10.8 Å². The number of carbonyl (C=O) groups is 1. The molecule has 1 aromatic carbocycles. The highest BCUT2D eigenvalue weighted by atomic mass is 16.1. The zero-order valence-corrected chi connectivity index (χ0v) is 7.63. The molecule has 0 bridgehead atoms. The summed E-state index contributed by atoms with van der Waals surface area (Å²) in [5.41, 5.74) is 11.4. The first-order valence-corrected chi connectivity index (χ1v) is 4.00. The van der Waals surface area contributed by atoms with Crippen molar-refractivity contribution < 1.29 is 4.79 Å². The third-order valence-electron chi connectivity index (χ3n) is 1.65. The number of nitrogens with zero attached hydrogens (tertiary/aromatic N) is 2. The minimum atomic E-state index is -0.576. The fourth-order valence-corrected chi connectivity index (χ4v) is 0.924. The Morgan fingerprint density at radius 3 is 2.21 bits per heavy atom. The second-order valence-corrected chi connectivity index (χ2v) is 2.57. The van der Waals surface area contributed by atoms with E-state index in [9.17, 15) is 4.79 Å². The molecule has 0 fully saturated rings. The Morgan fingerprint density at radius 2 is 1.79 bits per heavy atom. The maximum absolute atomic E-state index is 11.4. The molecule has 1 aromatic rings. The number of rotatable bonds is 3. The molecule has 0 saturated carbocycles. The maximum Gasteiger partial charge on any atom is 0.180 e. The monoisotopic (exact) mass is 192 g/mol. The van der Waals surface area contributed by atoms with Crippen molar-refractivity contribution in [3.63, 3.8) is 0 Å². The smallest absolute Gasteiger partial charge is 0.180 e. The molecule has 4 N–H and O–H groups in total. The summed E-state index contributed by atoms with van der Waals surface area (Å²) < 4.78 is 0. The fraction of sp³-hybridized carbons (Fsp3) is 0.222. The van der Waals surface area contributed by atoms with Crippen molar-refractivity contribution in [3.05, 3.63) is 35.9 Å². The van der Waals surface area contributed by atoms with Crippen molar-refractivity contribution in [2.24, 2.45) is 11.5 Å². The van der Waals surface area contributed by atoms with Gasteiger partial charge >= 0.3 is 0 Å². The third-order valence-corrected chi connectivity index (χ3v) is 1.65. The number of ketones is 1. The van der Waals surface area contributed by atoms with Gasteiger partial charge in [-0.1, -0.05) is 30.3 Å². The second kappa shape index (κ2) is 6.71. The number of nitrogens with two attached hydrogens (primary N) is 2. The third kappa shape index (κ3) is 3.31. The first-order valence-electron chi connectivity index (χ1n) is 4.00. The molecule has 0 radical (unpaired) electrons. The normalized spacial score (nSPS) is 10.9. The fourth-order valence-electron chi connectivity index (χ4n) is 0.924. The first-order chi connectivity index (χ1) is 6.75. The lowest BCUT2D eigenvalue weighted by Crippen LogP contribution is -2.37. The summed E-state index contributed by atoms with van der Waals surface area (Å²) in [5.74, 6) is -0.0990. The molecule has 0 aromatic heterocycles. The Morgan fingerprint density at radius 1 is 1.29 bits per heavy atom. The standard InChI is InChI=1S/C9H12N2O.N2/c10-6-8(11)9(12)7-4-2-1-3-5-7;1-2/h1-5,8H,6,10-11H2;. The molecule has 1 atom stereocenters. The summed E-state index contributed by atoms with van der Waals surface area (Å²) in [6, 6.07) is 8.35. The highest BCUT2D eigenvalue weighted by Gasteiger charge is 2.12. The Bertz CT molecular complexity index is 296. The van der Waals surface area contributed by atoms with E-state index in [0.29, 0.717) is 5.56 Å². The Labute approximate surface area is 82.1 Å². The summed E-state index contributed by atoms with van der Waals surface area (Å²) >= 11 is 0. The van der Waals surface area contributed by atoms with Gasteiger partial charge in [0.2, 0.25) is 0 Å². The molecular weight excluding hydrogens is 180 g/mol. The topological polar surface area (TPSA) is 117 Å². The predicted molar refractivity (Wildman–Crippen MR) is 51.3 cm³/mol. The molecule has 0 amide bonds. The minimum Gasteiger partial charge on any atom is -0.328 e. The van der Waals surface area contributed by atoms with E-state index in [2.05, 4.69) is 0 Å². The molecule has 0 spiro atoms.